The van der Waals surface area contributed by atoms with E-state index in [2.05, 4.69) is 29.4 Å². The first kappa shape index (κ1) is 13.8. The summed E-state index contributed by atoms with van der Waals surface area (Å²) < 4.78 is 0. The minimum absolute atomic E-state index is 0.135. The van der Waals surface area contributed by atoms with E-state index >= 15 is 0 Å². The van der Waals surface area contributed by atoms with Crippen molar-refractivity contribution >= 4 is 11.8 Å². The predicted molar refractivity (Wildman–Crippen MR) is 76.0 cm³/mol. The van der Waals surface area contributed by atoms with Crippen LogP contribution < -0.4 is 5.32 Å². The quantitative estimate of drug-likeness (QED) is 0.775. The van der Waals surface area contributed by atoms with E-state index in [0.717, 1.165) is 16.5 Å². The van der Waals surface area contributed by atoms with Crippen molar-refractivity contribution in [2.75, 3.05) is 19.4 Å². The van der Waals surface area contributed by atoms with Gasteiger partial charge < -0.3 is 10.4 Å². The minimum atomic E-state index is -0.135. The molecule has 0 spiro atoms. The topological polar surface area (TPSA) is 45.1 Å². The summed E-state index contributed by atoms with van der Waals surface area (Å²) >= 11 is 1.74. The fourth-order valence-electron chi connectivity index (χ4n) is 2.36. The third-order valence-corrected chi connectivity index (χ3v) is 4.86. The molecule has 1 fully saturated rings. The number of hydrogen-bond donors (Lipinski definition) is 2. The Morgan fingerprint density at radius 3 is 2.67 bits per heavy atom. The fourth-order valence-corrected chi connectivity index (χ4v) is 3.72. The molecule has 1 atom stereocenters. The van der Waals surface area contributed by atoms with E-state index in [1.165, 1.54) is 18.4 Å². The van der Waals surface area contributed by atoms with Gasteiger partial charge in [-0.05, 0) is 57.4 Å². The van der Waals surface area contributed by atoms with Crippen LogP contribution in [0, 0.1) is 19.8 Å². The number of aromatic nitrogens is 1. The molecule has 1 aromatic heterocycles. The van der Waals surface area contributed by atoms with Crippen molar-refractivity contribution in [1.82, 2.24) is 10.3 Å². The van der Waals surface area contributed by atoms with E-state index < -0.39 is 0 Å². The standard InChI is InChI=1S/C14H22N2OS/c1-10-6-11(2)16-13(7-10)18-9-14(8-17,15-3)12-4-5-12/h6-7,12,15,17H,4-5,8-9H2,1-3H3. The normalized spacial score (nSPS) is 18.7. The summed E-state index contributed by atoms with van der Waals surface area (Å²) in [5.74, 6) is 1.49. The number of likely N-dealkylation sites (N-methyl/N-ethyl adjacent to an activating group) is 1. The zero-order valence-corrected chi connectivity index (χ0v) is 12.2. The highest BCUT2D eigenvalue weighted by molar-refractivity contribution is 7.99. The van der Waals surface area contributed by atoms with Crippen molar-refractivity contribution in [1.29, 1.82) is 0 Å². The highest BCUT2D eigenvalue weighted by atomic mass is 32.2. The number of hydrogen-bond acceptors (Lipinski definition) is 4. The number of nitrogens with zero attached hydrogens (tertiary/aromatic N) is 1. The monoisotopic (exact) mass is 266 g/mol. The maximum absolute atomic E-state index is 9.68. The molecule has 3 nitrogen and oxygen atoms in total. The minimum Gasteiger partial charge on any atom is -0.394 e. The Balaban J connectivity index is 2.05. The molecule has 1 aliphatic rings. The molecule has 1 aromatic rings. The lowest BCUT2D eigenvalue weighted by Gasteiger charge is -2.31. The fraction of sp³-hybridized carbons (Fsp3) is 0.643. The zero-order valence-electron chi connectivity index (χ0n) is 11.4. The molecule has 2 rings (SSSR count). The summed E-state index contributed by atoms with van der Waals surface area (Å²) in [6.45, 7) is 4.32. The second-order valence-corrected chi connectivity index (χ2v) is 6.25. The summed E-state index contributed by atoms with van der Waals surface area (Å²) in [7, 11) is 1.95. The molecule has 18 heavy (non-hydrogen) atoms. The second kappa shape index (κ2) is 5.59. The first-order valence-electron chi connectivity index (χ1n) is 6.47. The van der Waals surface area contributed by atoms with Gasteiger partial charge >= 0.3 is 0 Å². The summed E-state index contributed by atoms with van der Waals surface area (Å²) in [5.41, 5.74) is 2.17. The Morgan fingerprint density at radius 1 is 1.44 bits per heavy atom. The van der Waals surface area contributed by atoms with Crippen molar-refractivity contribution < 1.29 is 5.11 Å². The number of thioether (sulfide) groups is 1. The number of aliphatic hydroxyl groups excluding tert-OH is 1. The Kier molecular flexibility index (Phi) is 4.30. The van der Waals surface area contributed by atoms with Gasteiger partial charge in [-0.15, -0.1) is 11.8 Å². The summed E-state index contributed by atoms with van der Waals surface area (Å²) in [5, 5.41) is 14.1. The molecule has 0 aromatic carbocycles. The maximum atomic E-state index is 9.68. The van der Waals surface area contributed by atoms with Gasteiger partial charge in [0.1, 0.15) is 0 Å². The molecule has 100 valence electrons. The van der Waals surface area contributed by atoms with Gasteiger partial charge in [0.15, 0.2) is 0 Å². The summed E-state index contributed by atoms with van der Waals surface area (Å²) in [6.07, 6.45) is 2.45. The highest BCUT2D eigenvalue weighted by Crippen LogP contribution is 2.41. The molecule has 1 saturated carbocycles. The van der Waals surface area contributed by atoms with Gasteiger partial charge in [0.05, 0.1) is 17.2 Å². The highest BCUT2D eigenvalue weighted by Gasteiger charge is 2.43. The Bertz CT molecular complexity index is 394. The van der Waals surface area contributed by atoms with Crippen LogP contribution in [0.3, 0.4) is 0 Å². The van der Waals surface area contributed by atoms with Crippen LogP contribution in [0.4, 0.5) is 0 Å². The molecule has 1 heterocycles. The Labute approximate surface area is 113 Å². The van der Waals surface area contributed by atoms with Crippen LogP contribution in [0.25, 0.3) is 0 Å². The van der Waals surface area contributed by atoms with E-state index in [-0.39, 0.29) is 12.1 Å². The molecule has 4 heteroatoms. The second-order valence-electron chi connectivity index (χ2n) is 5.25. The van der Waals surface area contributed by atoms with Crippen LogP contribution in [0.5, 0.6) is 0 Å². The van der Waals surface area contributed by atoms with E-state index in [9.17, 15) is 5.11 Å². The van der Waals surface area contributed by atoms with Crippen LogP contribution in [0.15, 0.2) is 17.2 Å². The predicted octanol–water partition coefficient (Wildman–Crippen LogP) is 2.15. The van der Waals surface area contributed by atoms with Crippen LogP contribution in [0.2, 0.25) is 0 Å². The third kappa shape index (κ3) is 3.05. The Hall–Kier alpha value is -0.580. The van der Waals surface area contributed by atoms with Crippen LogP contribution in [0.1, 0.15) is 24.1 Å². The lowest BCUT2D eigenvalue weighted by atomic mass is 9.97. The first-order chi connectivity index (χ1) is 8.59. The molecule has 0 radical (unpaired) electrons. The van der Waals surface area contributed by atoms with Crippen molar-refractivity contribution in [2.45, 2.75) is 37.3 Å². The molecule has 2 N–H and O–H groups in total. The van der Waals surface area contributed by atoms with Gasteiger partial charge in [0.25, 0.3) is 0 Å². The van der Waals surface area contributed by atoms with Gasteiger partial charge in [0, 0.05) is 11.4 Å². The average molecular weight is 266 g/mol. The molecule has 0 amide bonds. The third-order valence-electron chi connectivity index (χ3n) is 3.69. The first-order valence-corrected chi connectivity index (χ1v) is 7.46. The number of aliphatic hydroxyl groups is 1. The lowest BCUT2D eigenvalue weighted by molar-refractivity contribution is 0.167. The van der Waals surface area contributed by atoms with Gasteiger partial charge in [0.2, 0.25) is 0 Å². The molecular weight excluding hydrogens is 244 g/mol. The lowest BCUT2D eigenvalue weighted by Crippen LogP contribution is -2.51. The van der Waals surface area contributed by atoms with Crippen LogP contribution in [-0.2, 0) is 0 Å². The SMILES string of the molecule is CNC(CO)(CSc1cc(C)cc(C)n1)C1CC1. The van der Waals surface area contributed by atoms with Crippen molar-refractivity contribution in [2.24, 2.45) is 5.92 Å². The maximum Gasteiger partial charge on any atom is 0.0966 e. The largest absolute Gasteiger partial charge is 0.394 e. The van der Waals surface area contributed by atoms with E-state index in [1.54, 1.807) is 11.8 Å². The smallest absolute Gasteiger partial charge is 0.0966 e. The number of pyridine rings is 1. The number of nitrogens with one attached hydrogen (secondary N) is 1. The summed E-state index contributed by atoms with van der Waals surface area (Å²) in [4.78, 5) is 4.54. The average Bonchev–Trinajstić information content (AvgIpc) is 3.14. The van der Waals surface area contributed by atoms with Crippen LogP contribution in [-0.4, -0.2) is 35.0 Å². The Morgan fingerprint density at radius 2 is 2.17 bits per heavy atom. The van der Waals surface area contributed by atoms with Crippen molar-refractivity contribution in [3.63, 3.8) is 0 Å². The van der Waals surface area contributed by atoms with Gasteiger partial charge in [-0.1, -0.05) is 0 Å². The zero-order chi connectivity index (χ0) is 13.2. The molecule has 0 bridgehead atoms. The summed E-state index contributed by atoms with van der Waals surface area (Å²) in [6, 6.07) is 4.20. The van der Waals surface area contributed by atoms with E-state index in [1.807, 2.05) is 14.0 Å². The number of rotatable bonds is 6. The molecule has 1 unspecified atom stereocenters. The molecule has 0 saturated heterocycles. The van der Waals surface area contributed by atoms with Crippen molar-refractivity contribution in [3.05, 3.63) is 23.4 Å². The number of aryl methyl sites for hydroxylation is 2. The van der Waals surface area contributed by atoms with Gasteiger partial charge in [-0.2, -0.15) is 0 Å². The van der Waals surface area contributed by atoms with E-state index in [0.29, 0.717) is 5.92 Å². The van der Waals surface area contributed by atoms with Crippen molar-refractivity contribution in [3.8, 4) is 0 Å². The molecule has 0 aliphatic heterocycles. The van der Waals surface area contributed by atoms with E-state index in [4.69, 9.17) is 0 Å². The van der Waals surface area contributed by atoms with Crippen LogP contribution >= 0.6 is 11.8 Å². The van der Waals surface area contributed by atoms with Gasteiger partial charge in [-0.3, -0.25) is 0 Å². The molecule has 1 aliphatic carbocycles. The molecular formula is C14H22N2OS. The van der Waals surface area contributed by atoms with Gasteiger partial charge in [-0.25, -0.2) is 4.98 Å².